The van der Waals surface area contributed by atoms with Crippen molar-refractivity contribution in [3.05, 3.63) is 29.1 Å². The smallest absolute Gasteiger partial charge is 0.388 e. The lowest BCUT2D eigenvalue weighted by atomic mass is 10.2. The summed E-state index contributed by atoms with van der Waals surface area (Å²) < 4.78 is 7.55. The molecule has 1 aromatic heterocycles. The van der Waals surface area contributed by atoms with Gasteiger partial charge in [0, 0.05) is 15.9 Å². The predicted molar refractivity (Wildman–Crippen MR) is 76.2 cm³/mol. The Labute approximate surface area is 113 Å². The average Bonchev–Trinajstić information content (AvgIpc) is 3.09. The van der Waals surface area contributed by atoms with Gasteiger partial charge in [-0.15, -0.1) is 0 Å². The van der Waals surface area contributed by atoms with Crippen LogP contribution in [0.25, 0.3) is 10.6 Å². The third-order valence-electron chi connectivity index (χ3n) is 3.11. The lowest BCUT2D eigenvalue weighted by Crippen LogP contribution is -2.25. The van der Waals surface area contributed by atoms with Gasteiger partial charge in [-0.3, -0.25) is 0 Å². The Morgan fingerprint density at radius 3 is 2.50 bits per heavy atom. The predicted octanol–water partition coefficient (Wildman–Crippen LogP) is 2.45. The fourth-order valence-electron chi connectivity index (χ4n) is 2.08. The second-order valence-electron chi connectivity index (χ2n) is 4.29. The molecule has 94 valence electrons. The molecule has 5 heteroatoms. The van der Waals surface area contributed by atoms with E-state index in [-0.39, 0.29) is 0 Å². The van der Waals surface area contributed by atoms with Crippen LogP contribution in [0.2, 0.25) is 0 Å². The van der Waals surface area contributed by atoms with E-state index < -0.39 is 0 Å². The van der Waals surface area contributed by atoms with E-state index in [0.29, 0.717) is 0 Å². The highest BCUT2D eigenvalue weighted by atomic mass is 32.9. The van der Waals surface area contributed by atoms with Crippen LogP contribution in [0.15, 0.2) is 24.3 Å². The molecular formula is C13H15N2OS2+. The summed E-state index contributed by atoms with van der Waals surface area (Å²) in [5.74, 6) is 0.888. The van der Waals surface area contributed by atoms with Gasteiger partial charge in [-0.2, -0.15) is 0 Å². The monoisotopic (exact) mass is 279 g/mol. The molecule has 18 heavy (non-hydrogen) atoms. The lowest BCUT2D eigenvalue weighted by Gasteiger charge is -1.97. The van der Waals surface area contributed by atoms with Crippen LogP contribution in [0.4, 0.5) is 0 Å². The number of hydrogen-bond acceptors (Lipinski definition) is 4. The molecule has 0 unspecified atom stereocenters. The molecule has 2 aromatic rings. The van der Waals surface area contributed by atoms with E-state index in [0.717, 1.165) is 23.8 Å². The minimum atomic E-state index is 0.888. The van der Waals surface area contributed by atoms with Crippen LogP contribution in [0.5, 0.6) is 5.75 Å². The van der Waals surface area contributed by atoms with Gasteiger partial charge in [0.15, 0.2) is 0 Å². The summed E-state index contributed by atoms with van der Waals surface area (Å²) >= 11 is 0. The molecule has 1 aliphatic rings. The molecule has 0 bridgehead atoms. The van der Waals surface area contributed by atoms with Crippen LogP contribution in [0.1, 0.15) is 12.8 Å². The van der Waals surface area contributed by atoms with E-state index in [1.165, 1.54) is 23.2 Å². The first kappa shape index (κ1) is 11.9. The first-order chi connectivity index (χ1) is 8.86. The molecule has 0 aliphatic carbocycles. The second kappa shape index (κ2) is 5.20. The molecule has 1 aliphatic heterocycles. The topological polar surface area (TPSA) is 25.1 Å². The zero-order valence-electron chi connectivity index (χ0n) is 10.3. The van der Waals surface area contributed by atoms with E-state index in [4.69, 9.17) is 9.72 Å². The summed E-state index contributed by atoms with van der Waals surface area (Å²) in [6.45, 7) is 2.31. The van der Waals surface area contributed by atoms with Crippen molar-refractivity contribution in [3.63, 3.8) is 0 Å². The van der Waals surface area contributed by atoms with E-state index in [2.05, 4.69) is 16.7 Å². The summed E-state index contributed by atoms with van der Waals surface area (Å²) in [5, 5.41) is 1.10. The second-order valence-corrected chi connectivity index (χ2v) is 6.37. The highest BCUT2D eigenvalue weighted by molar-refractivity contribution is 7.69. The molecule has 0 atom stereocenters. The van der Waals surface area contributed by atoms with Gasteiger partial charge in [-0.05, 0) is 52.4 Å². The molecule has 3 rings (SSSR count). The summed E-state index contributed by atoms with van der Waals surface area (Å²) in [7, 11) is 5.21. The van der Waals surface area contributed by atoms with Crippen LogP contribution in [-0.2, 0) is 0 Å². The lowest BCUT2D eigenvalue weighted by molar-refractivity contribution is 0.415. The Hall–Kier alpha value is -1.20. The molecule has 2 heterocycles. The summed E-state index contributed by atoms with van der Waals surface area (Å²) in [6, 6.07) is 8.10. The van der Waals surface area contributed by atoms with Crippen molar-refractivity contribution >= 4 is 20.7 Å². The SMILES string of the molecule is COc1ccc(-c2nc(=[N+]3CCCC3)ss2)cc1. The molecule has 0 N–H and O–H groups in total. The van der Waals surface area contributed by atoms with E-state index >= 15 is 0 Å². The maximum atomic E-state index is 5.17. The van der Waals surface area contributed by atoms with Crippen LogP contribution in [0, 0.1) is 0 Å². The Morgan fingerprint density at radius 1 is 1.11 bits per heavy atom. The zero-order chi connectivity index (χ0) is 12.4. The van der Waals surface area contributed by atoms with Gasteiger partial charge in [-0.25, -0.2) is 4.58 Å². The third-order valence-corrected chi connectivity index (χ3v) is 5.34. The third kappa shape index (κ3) is 2.33. The molecule has 1 saturated heterocycles. The minimum Gasteiger partial charge on any atom is -0.497 e. The normalized spacial score (nSPS) is 15.1. The first-order valence-corrected chi connectivity index (χ1v) is 8.21. The van der Waals surface area contributed by atoms with Crippen LogP contribution < -0.4 is 14.1 Å². The van der Waals surface area contributed by atoms with Gasteiger partial charge in [-0.1, -0.05) is 0 Å². The first-order valence-electron chi connectivity index (χ1n) is 6.06. The highest BCUT2D eigenvalue weighted by Crippen LogP contribution is 2.24. The van der Waals surface area contributed by atoms with Crippen molar-refractivity contribution in [2.45, 2.75) is 12.8 Å². The Bertz CT molecular complexity index is 590. The molecule has 0 saturated carbocycles. The zero-order valence-corrected chi connectivity index (χ0v) is 11.9. The standard InChI is InChI=1S/C13H15N2OS2/c1-16-11-6-4-10(5-7-11)12-14-13(18-17-12)15-8-2-3-9-15/h4-7H,2-3,8-9H2,1H3/q+1. The number of hydrogen-bond donors (Lipinski definition) is 0. The Kier molecular flexibility index (Phi) is 3.43. The van der Waals surface area contributed by atoms with Crippen LogP contribution in [-0.4, -0.2) is 25.2 Å². The van der Waals surface area contributed by atoms with Crippen molar-refractivity contribution < 1.29 is 4.74 Å². The van der Waals surface area contributed by atoms with Crippen molar-refractivity contribution in [1.82, 2.24) is 9.56 Å². The summed E-state index contributed by atoms with van der Waals surface area (Å²) in [5.41, 5.74) is 1.17. The number of benzene rings is 1. The van der Waals surface area contributed by atoms with Crippen molar-refractivity contribution in [2.75, 3.05) is 20.2 Å². The number of aromatic nitrogens is 1. The number of rotatable bonds is 2. The van der Waals surface area contributed by atoms with Gasteiger partial charge in [0.2, 0.25) is 5.01 Å². The van der Waals surface area contributed by atoms with Gasteiger partial charge in [0.25, 0.3) is 0 Å². The summed E-state index contributed by atoms with van der Waals surface area (Å²) in [6.07, 6.45) is 2.59. The maximum absolute atomic E-state index is 5.17. The van der Waals surface area contributed by atoms with Gasteiger partial charge < -0.3 is 4.74 Å². The Morgan fingerprint density at radius 2 is 1.83 bits per heavy atom. The largest absolute Gasteiger partial charge is 0.497 e. The molecule has 1 aromatic carbocycles. The maximum Gasteiger partial charge on any atom is 0.388 e. The van der Waals surface area contributed by atoms with Crippen LogP contribution >= 0.6 is 20.7 Å². The quantitative estimate of drug-likeness (QED) is 0.623. The van der Waals surface area contributed by atoms with E-state index in [1.807, 2.05) is 12.1 Å². The molecule has 0 amide bonds. The fraction of sp³-hybridized carbons (Fsp3) is 0.385. The van der Waals surface area contributed by atoms with Crippen molar-refractivity contribution in [1.29, 1.82) is 0 Å². The van der Waals surface area contributed by atoms with E-state index in [9.17, 15) is 0 Å². The fourth-order valence-corrected chi connectivity index (χ4v) is 4.35. The molecular weight excluding hydrogens is 264 g/mol. The van der Waals surface area contributed by atoms with Crippen molar-refractivity contribution in [2.24, 2.45) is 0 Å². The number of nitrogens with zero attached hydrogens (tertiary/aromatic N) is 2. The van der Waals surface area contributed by atoms with Crippen LogP contribution in [0.3, 0.4) is 0 Å². The highest BCUT2D eigenvalue weighted by Gasteiger charge is 2.16. The van der Waals surface area contributed by atoms with Gasteiger partial charge in [0.05, 0.1) is 20.2 Å². The number of methoxy groups -OCH3 is 1. The minimum absolute atomic E-state index is 0.888. The molecule has 0 spiro atoms. The molecule has 3 nitrogen and oxygen atoms in total. The molecule has 0 radical (unpaired) electrons. The Balaban J connectivity index is 1.94. The molecule has 1 fully saturated rings. The number of ether oxygens (including phenoxy) is 1. The van der Waals surface area contributed by atoms with E-state index in [1.54, 1.807) is 27.8 Å². The van der Waals surface area contributed by atoms with Gasteiger partial charge >= 0.3 is 4.80 Å². The summed E-state index contributed by atoms with van der Waals surface area (Å²) in [4.78, 5) is 5.91. The van der Waals surface area contributed by atoms with Gasteiger partial charge in [0.1, 0.15) is 5.75 Å². The average molecular weight is 279 g/mol. The van der Waals surface area contributed by atoms with Crippen molar-refractivity contribution in [3.8, 4) is 16.3 Å².